The summed E-state index contributed by atoms with van der Waals surface area (Å²) in [4.78, 5) is 12.6. The average molecular weight is 409 g/mol. The van der Waals surface area contributed by atoms with Crippen LogP contribution in [0.5, 0.6) is 5.75 Å². The molecule has 1 fully saturated rings. The zero-order chi connectivity index (χ0) is 19.1. The number of methoxy groups -OCH3 is 1. The van der Waals surface area contributed by atoms with Crippen LogP contribution < -0.4 is 15.4 Å². The third-order valence-electron chi connectivity index (χ3n) is 4.64. The minimum Gasteiger partial charge on any atom is -0.497 e. The topological polar surface area (TPSA) is 59.6 Å². The molecule has 2 atom stereocenters. The molecule has 1 aliphatic rings. The molecule has 0 bridgehead atoms. The highest BCUT2D eigenvalue weighted by Gasteiger charge is 2.20. The Morgan fingerprint density at radius 1 is 1.25 bits per heavy atom. The minimum atomic E-state index is -0.271. The summed E-state index contributed by atoms with van der Waals surface area (Å²) in [5.41, 5.74) is 1.93. The van der Waals surface area contributed by atoms with Gasteiger partial charge in [0.2, 0.25) is 5.91 Å². The molecule has 28 heavy (non-hydrogen) atoms. The molecule has 1 heterocycles. The number of amides is 1. The highest BCUT2D eigenvalue weighted by atomic mass is 35.5. The molecule has 0 aromatic heterocycles. The first-order valence-electron chi connectivity index (χ1n) is 9.13. The molecule has 2 N–H and O–H groups in total. The van der Waals surface area contributed by atoms with Gasteiger partial charge in [-0.2, -0.15) is 0 Å². The smallest absolute Gasteiger partial charge is 0.222 e. The van der Waals surface area contributed by atoms with Gasteiger partial charge in [0.25, 0.3) is 0 Å². The van der Waals surface area contributed by atoms with Crippen molar-refractivity contribution in [3.05, 3.63) is 65.5 Å². The van der Waals surface area contributed by atoms with Crippen LogP contribution in [-0.2, 0) is 16.0 Å². The van der Waals surface area contributed by atoms with Gasteiger partial charge in [0, 0.05) is 19.0 Å². The highest BCUT2D eigenvalue weighted by Crippen LogP contribution is 2.22. The van der Waals surface area contributed by atoms with E-state index < -0.39 is 0 Å². The summed E-state index contributed by atoms with van der Waals surface area (Å²) in [6.45, 7) is 1.98. The van der Waals surface area contributed by atoms with E-state index in [0.29, 0.717) is 26.1 Å². The summed E-state index contributed by atoms with van der Waals surface area (Å²) in [7, 11) is 1.62. The van der Waals surface area contributed by atoms with Gasteiger partial charge in [0.15, 0.2) is 0 Å². The third-order valence-corrected chi connectivity index (χ3v) is 4.64. The number of nitrogens with one attached hydrogen (secondary N) is 2. The van der Waals surface area contributed by atoms with E-state index in [4.69, 9.17) is 9.47 Å². The summed E-state index contributed by atoms with van der Waals surface area (Å²) < 4.78 is 23.8. The van der Waals surface area contributed by atoms with Crippen LogP contribution in [0.3, 0.4) is 0 Å². The lowest BCUT2D eigenvalue weighted by Gasteiger charge is -2.25. The van der Waals surface area contributed by atoms with Crippen LogP contribution in [0.1, 0.15) is 23.6 Å². The van der Waals surface area contributed by atoms with Crippen molar-refractivity contribution < 1.29 is 18.7 Å². The molecule has 1 saturated heterocycles. The van der Waals surface area contributed by atoms with Gasteiger partial charge in [0.1, 0.15) is 11.6 Å². The maximum absolute atomic E-state index is 13.2. The van der Waals surface area contributed by atoms with E-state index in [1.165, 1.54) is 12.1 Å². The standard InChI is InChI=1S/C21H25FN2O3.ClH/c1-26-19-8-4-16(5-9-19)20(12-15-2-6-17(22)7-3-15)24-21(25)13-18-14-27-11-10-23-18;/h2-9,18,20,23H,10-14H2,1H3,(H,24,25);1H. The lowest BCUT2D eigenvalue weighted by molar-refractivity contribution is -0.123. The van der Waals surface area contributed by atoms with E-state index in [1.54, 1.807) is 19.2 Å². The van der Waals surface area contributed by atoms with Crippen molar-refractivity contribution in [1.29, 1.82) is 0 Å². The predicted octanol–water partition coefficient (Wildman–Crippen LogP) is 3.03. The Morgan fingerprint density at radius 3 is 2.57 bits per heavy atom. The maximum atomic E-state index is 13.2. The fourth-order valence-corrected chi connectivity index (χ4v) is 3.17. The van der Waals surface area contributed by atoms with Gasteiger partial charge in [-0.3, -0.25) is 4.79 Å². The van der Waals surface area contributed by atoms with Crippen molar-refractivity contribution in [1.82, 2.24) is 10.6 Å². The largest absolute Gasteiger partial charge is 0.497 e. The first kappa shape index (κ1) is 22.1. The maximum Gasteiger partial charge on any atom is 0.222 e. The molecule has 0 spiro atoms. The summed E-state index contributed by atoms with van der Waals surface area (Å²) in [5, 5.41) is 6.40. The van der Waals surface area contributed by atoms with Crippen LogP contribution in [0.25, 0.3) is 0 Å². The molecule has 5 nitrogen and oxygen atoms in total. The Bertz CT molecular complexity index is 734. The van der Waals surface area contributed by atoms with Crippen molar-refractivity contribution in [2.24, 2.45) is 0 Å². The molecule has 2 aromatic carbocycles. The molecule has 1 aliphatic heterocycles. The number of hydrogen-bond acceptors (Lipinski definition) is 4. The van der Waals surface area contributed by atoms with E-state index in [1.807, 2.05) is 24.3 Å². The second-order valence-electron chi connectivity index (χ2n) is 6.65. The molecule has 1 amide bonds. The first-order valence-corrected chi connectivity index (χ1v) is 9.13. The highest BCUT2D eigenvalue weighted by molar-refractivity contribution is 5.85. The van der Waals surface area contributed by atoms with E-state index in [-0.39, 0.29) is 36.2 Å². The Hall–Kier alpha value is -2.15. The molecule has 2 aromatic rings. The number of carbonyl (C=O) groups is 1. The van der Waals surface area contributed by atoms with E-state index in [9.17, 15) is 9.18 Å². The Kier molecular flexibility index (Phi) is 8.70. The lowest BCUT2D eigenvalue weighted by atomic mass is 9.98. The quantitative estimate of drug-likeness (QED) is 0.739. The molecule has 0 aliphatic carbocycles. The van der Waals surface area contributed by atoms with Crippen molar-refractivity contribution in [3.63, 3.8) is 0 Å². The average Bonchev–Trinajstić information content (AvgIpc) is 2.70. The van der Waals surface area contributed by atoms with E-state index in [0.717, 1.165) is 23.4 Å². The zero-order valence-electron chi connectivity index (χ0n) is 15.8. The van der Waals surface area contributed by atoms with Crippen molar-refractivity contribution in [3.8, 4) is 5.75 Å². The molecule has 0 radical (unpaired) electrons. The van der Waals surface area contributed by atoms with Crippen LogP contribution >= 0.6 is 12.4 Å². The number of ether oxygens (including phenoxy) is 2. The number of benzene rings is 2. The minimum absolute atomic E-state index is 0. The molecular formula is C21H26ClFN2O3. The molecule has 0 saturated carbocycles. The van der Waals surface area contributed by atoms with Crippen LogP contribution in [0.4, 0.5) is 4.39 Å². The van der Waals surface area contributed by atoms with Gasteiger partial charge < -0.3 is 20.1 Å². The molecule has 7 heteroatoms. The van der Waals surface area contributed by atoms with Gasteiger partial charge in [-0.25, -0.2) is 4.39 Å². The molecule has 152 valence electrons. The van der Waals surface area contributed by atoms with Crippen LogP contribution in [-0.4, -0.2) is 38.8 Å². The van der Waals surface area contributed by atoms with Gasteiger partial charge in [-0.15, -0.1) is 12.4 Å². The zero-order valence-corrected chi connectivity index (χ0v) is 16.6. The Morgan fingerprint density at radius 2 is 1.96 bits per heavy atom. The normalized spacial score (nSPS) is 17.3. The molecular weight excluding hydrogens is 383 g/mol. The van der Waals surface area contributed by atoms with Crippen molar-refractivity contribution in [2.75, 3.05) is 26.9 Å². The monoisotopic (exact) mass is 408 g/mol. The second kappa shape index (κ2) is 11.0. The predicted molar refractivity (Wildman–Crippen MR) is 108 cm³/mol. The van der Waals surface area contributed by atoms with Crippen LogP contribution in [0, 0.1) is 5.82 Å². The molecule has 2 unspecified atom stereocenters. The fraction of sp³-hybridized carbons (Fsp3) is 0.381. The number of hydrogen-bond donors (Lipinski definition) is 2. The van der Waals surface area contributed by atoms with Gasteiger partial charge >= 0.3 is 0 Å². The number of morpholine rings is 1. The SMILES string of the molecule is COc1ccc(C(Cc2ccc(F)cc2)NC(=O)CC2COCCN2)cc1.Cl. The van der Waals surface area contributed by atoms with Crippen LogP contribution in [0.2, 0.25) is 0 Å². The number of halogens is 2. The second-order valence-corrected chi connectivity index (χ2v) is 6.65. The fourth-order valence-electron chi connectivity index (χ4n) is 3.17. The molecule has 3 rings (SSSR count). The van der Waals surface area contributed by atoms with Crippen molar-refractivity contribution >= 4 is 18.3 Å². The van der Waals surface area contributed by atoms with Gasteiger partial charge in [0.05, 0.1) is 26.4 Å². The Labute approximate surface area is 171 Å². The number of carbonyl (C=O) groups excluding carboxylic acids is 1. The lowest BCUT2D eigenvalue weighted by Crippen LogP contribution is -2.44. The van der Waals surface area contributed by atoms with Crippen LogP contribution in [0.15, 0.2) is 48.5 Å². The van der Waals surface area contributed by atoms with E-state index >= 15 is 0 Å². The third kappa shape index (κ3) is 6.48. The van der Waals surface area contributed by atoms with Gasteiger partial charge in [-0.1, -0.05) is 24.3 Å². The van der Waals surface area contributed by atoms with E-state index in [2.05, 4.69) is 10.6 Å². The summed E-state index contributed by atoms with van der Waals surface area (Å²) in [6.07, 6.45) is 0.934. The van der Waals surface area contributed by atoms with Gasteiger partial charge in [-0.05, 0) is 41.8 Å². The first-order chi connectivity index (χ1) is 13.1. The number of rotatable bonds is 7. The summed E-state index contributed by atoms with van der Waals surface area (Å²) in [6, 6.07) is 13.8. The Balaban J connectivity index is 0.00000280. The summed E-state index contributed by atoms with van der Waals surface area (Å²) in [5.74, 6) is 0.447. The van der Waals surface area contributed by atoms with Crippen molar-refractivity contribution in [2.45, 2.75) is 24.9 Å². The summed E-state index contributed by atoms with van der Waals surface area (Å²) >= 11 is 0.